The number of nitrogens with zero attached hydrogens (tertiary/aromatic N) is 2. The van der Waals surface area contributed by atoms with Crippen LogP contribution in [0.15, 0.2) is 218 Å². The highest BCUT2D eigenvalue weighted by atomic mass is 28.3. The molecule has 0 atom stereocenters. The van der Waals surface area contributed by atoms with E-state index in [9.17, 15) is 0 Å². The highest BCUT2D eigenvalue weighted by Gasteiger charge is 2.48. The third-order valence-corrected chi connectivity index (χ3v) is 24.3. The molecule has 0 N–H and O–H groups in total. The Morgan fingerprint density at radius 2 is 0.500 bits per heavy atom. The molecule has 0 radical (unpaired) electrons. The lowest BCUT2D eigenvalue weighted by atomic mass is 10.00. The summed E-state index contributed by atoms with van der Waals surface area (Å²) in [6, 6.07) is 85.0. The van der Waals surface area contributed by atoms with Crippen LogP contribution >= 0.6 is 0 Å². The van der Waals surface area contributed by atoms with Gasteiger partial charge in [0.05, 0.1) is 0 Å². The predicted octanol–water partition coefficient (Wildman–Crippen LogP) is 8.73. The first-order valence-electron chi connectivity index (χ1n) is 23.7. The number of hydrogen-bond acceptors (Lipinski definition) is 2. The van der Waals surface area contributed by atoms with Crippen molar-refractivity contribution in [3.8, 4) is 0 Å². The Kier molecular flexibility index (Phi) is 11.1. The van der Waals surface area contributed by atoms with Crippen molar-refractivity contribution in [2.45, 2.75) is 38.5 Å². The molecule has 0 aromatic heterocycles. The van der Waals surface area contributed by atoms with Crippen molar-refractivity contribution in [1.82, 2.24) is 0 Å². The fourth-order valence-corrected chi connectivity index (χ4v) is 22.1. The highest BCUT2D eigenvalue weighted by molar-refractivity contribution is 7.23. The van der Waals surface area contributed by atoms with Gasteiger partial charge in [0, 0.05) is 37.6 Å². The van der Waals surface area contributed by atoms with Crippen LogP contribution < -0.4 is 51.3 Å². The molecule has 64 heavy (non-hydrogen) atoms. The number of benzene rings is 9. The van der Waals surface area contributed by atoms with Crippen LogP contribution in [-0.2, 0) is 0 Å². The molecule has 2 heterocycles. The van der Waals surface area contributed by atoms with Gasteiger partial charge < -0.3 is 9.80 Å². The summed E-state index contributed by atoms with van der Waals surface area (Å²) in [6.07, 6.45) is 7.53. The molecule has 2 aliphatic rings. The Bertz CT molecular complexity index is 2580. The van der Waals surface area contributed by atoms with Crippen molar-refractivity contribution in [2.24, 2.45) is 0 Å². The van der Waals surface area contributed by atoms with Gasteiger partial charge in [-0.3, -0.25) is 0 Å². The van der Waals surface area contributed by atoms with Gasteiger partial charge in [0.15, 0.2) is 16.1 Å². The lowest BCUT2D eigenvalue weighted by Gasteiger charge is -2.41. The Balaban J connectivity index is 1.41. The second-order valence-corrected chi connectivity index (χ2v) is 25.5. The van der Waals surface area contributed by atoms with Gasteiger partial charge in [0.25, 0.3) is 0 Å². The fourth-order valence-electron chi connectivity index (χ4n) is 11.7. The highest BCUT2D eigenvalue weighted by Crippen LogP contribution is 2.34. The SMILES string of the molecule is c1ccc([Si](c2ccccc2)(c2ccccc2)c2c3ccc(N4CCCCC4)cc3c([Si](c3ccccc3)(c3ccccc3)c3ccccc3)c3ccc(N4CCCCC4)cc23)cc1. The minimum absolute atomic E-state index is 1.09. The largest absolute Gasteiger partial charge is 0.372 e. The molecule has 9 aromatic carbocycles. The average molecular weight is 861 g/mol. The monoisotopic (exact) mass is 860 g/mol. The van der Waals surface area contributed by atoms with Gasteiger partial charge in [0.1, 0.15) is 0 Å². The first-order chi connectivity index (χ1) is 31.8. The summed E-state index contributed by atoms with van der Waals surface area (Å²) in [5.41, 5.74) is 2.68. The standard InChI is InChI=1S/C60H56N2Si2/c1-9-25-49(26-10-1)63(50-27-11-2-12-28-50,51-29-13-3-14-30-51)59-55-39-37-48(62-43-23-8-24-44-62)46-58(55)60(56-40-38-47(45-57(56)59)61-41-21-7-22-42-61)64(52-31-15-4-16-32-52,53-33-17-5-18-34-53)54-35-19-6-20-36-54/h1-6,9-20,25-40,45-46H,7-8,21-24,41-44H2. The van der Waals surface area contributed by atoms with Crippen LogP contribution in [-0.4, -0.2) is 42.3 Å². The van der Waals surface area contributed by atoms with Crippen LogP contribution in [0.25, 0.3) is 21.5 Å². The third-order valence-electron chi connectivity index (χ3n) is 14.5. The fraction of sp³-hybridized carbons (Fsp3) is 0.167. The van der Waals surface area contributed by atoms with E-state index in [0.717, 1.165) is 26.2 Å². The summed E-state index contributed by atoms with van der Waals surface area (Å²) in [7, 11) is -6.19. The molecule has 314 valence electrons. The molecule has 0 aliphatic carbocycles. The lowest BCUT2D eigenvalue weighted by molar-refractivity contribution is 0.578. The maximum atomic E-state index is 2.67. The first-order valence-corrected chi connectivity index (χ1v) is 27.7. The third kappa shape index (κ3) is 6.83. The van der Waals surface area contributed by atoms with E-state index < -0.39 is 16.1 Å². The molecule has 0 saturated carbocycles. The number of fused-ring (bicyclic) bond motifs is 2. The minimum Gasteiger partial charge on any atom is -0.372 e. The van der Waals surface area contributed by atoms with E-state index in [4.69, 9.17) is 0 Å². The van der Waals surface area contributed by atoms with E-state index >= 15 is 0 Å². The molecule has 2 nitrogen and oxygen atoms in total. The summed E-state index contributed by atoms with van der Waals surface area (Å²) in [4.78, 5) is 5.34. The molecule has 0 bridgehead atoms. The molecule has 0 spiro atoms. The molecular weight excluding hydrogens is 805 g/mol. The molecule has 4 heteroatoms. The Morgan fingerprint density at radius 3 is 0.750 bits per heavy atom. The average Bonchev–Trinajstić information content (AvgIpc) is 3.39. The number of anilines is 2. The van der Waals surface area contributed by atoms with Crippen LogP contribution in [0.3, 0.4) is 0 Å². The van der Waals surface area contributed by atoms with Gasteiger partial charge in [0.2, 0.25) is 0 Å². The van der Waals surface area contributed by atoms with Crippen molar-refractivity contribution >= 4 is 90.6 Å². The second-order valence-electron chi connectivity index (χ2n) is 18.0. The van der Waals surface area contributed by atoms with Crippen molar-refractivity contribution in [1.29, 1.82) is 0 Å². The van der Waals surface area contributed by atoms with Gasteiger partial charge in [-0.25, -0.2) is 0 Å². The summed E-state index contributed by atoms with van der Waals surface area (Å²) in [5, 5.41) is 17.0. The number of hydrogen-bond donors (Lipinski definition) is 0. The quantitative estimate of drug-likeness (QED) is 0.0772. The van der Waals surface area contributed by atoms with Crippen LogP contribution in [0.2, 0.25) is 0 Å². The molecule has 2 saturated heterocycles. The van der Waals surface area contributed by atoms with E-state index in [2.05, 4.69) is 228 Å². The smallest absolute Gasteiger partial charge is 0.180 e. The minimum atomic E-state index is -3.09. The van der Waals surface area contributed by atoms with Crippen LogP contribution in [0.5, 0.6) is 0 Å². The van der Waals surface area contributed by atoms with E-state index in [1.54, 1.807) is 0 Å². The molecule has 9 aromatic rings. The van der Waals surface area contributed by atoms with E-state index in [1.165, 1.54) is 113 Å². The molecule has 11 rings (SSSR count). The van der Waals surface area contributed by atoms with E-state index in [0.29, 0.717) is 0 Å². The van der Waals surface area contributed by atoms with Crippen molar-refractivity contribution in [3.63, 3.8) is 0 Å². The van der Waals surface area contributed by atoms with Crippen molar-refractivity contribution in [3.05, 3.63) is 218 Å². The van der Waals surface area contributed by atoms with Gasteiger partial charge in [-0.2, -0.15) is 0 Å². The van der Waals surface area contributed by atoms with Crippen LogP contribution in [0, 0.1) is 0 Å². The normalized spacial score (nSPS) is 14.8. The molecular formula is C60H56N2Si2. The van der Waals surface area contributed by atoms with E-state index in [-0.39, 0.29) is 0 Å². The van der Waals surface area contributed by atoms with E-state index in [1.807, 2.05) is 0 Å². The zero-order chi connectivity index (χ0) is 42.8. The van der Waals surface area contributed by atoms with Gasteiger partial charge in [-0.1, -0.05) is 194 Å². The predicted molar refractivity (Wildman–Crippen MR) is 281 cm³/mol. The van der Waals surface area contributed by atoms with Crippen molar-refractivity contribution in [2.75, 3.05) is 36.0 Å². The maximum absolute atomic E-state index is 3.09. The molecule has 2 aliphatic heterocycles. The van der Waals surface area contributed by atoms with Crippen LogP contribution in [0.1, 0.15) is 38.5 Å². The van der Waals surface area contributed by atoms with Crippen molar-refractivity contribution < 1.29 is 0 Å². The Morgan fingerprint density at radius 1 is 0.250 bits per heavy atom. The van der Waals surface area contributed by atoms with Gasteiger partial charge >= 0.3 is 0 Å². The molecule has 0 amide bonds. The summed E-state index contributed by atoms with van der Waals surface area (Å²) < 4.78 is 0. The first kappa shape index (κ1) is 40.3. The van der Waals surface area contributed by atoms with Gasteiger partial charge in [-0.05, 0) is 126 Å². The number of piperidine rings is 2. The summed E-state index contributed by atoms with van der Waals surface area (Å²) in [6.45, 7) is 4.37. The Labute approximate surface area is 381 Å². The lowest BCUT2D eigenvalue weighted by Crippen LogP contribution is -2.77. The zero-order valence-electron chi connectivity index (χ0n) is 36.8. The topological polar surface area (TPSA) is 6.48 Å². The molecule has 0 unspecified atom stereocenters. The maximum Gasteiger partial charge on any atom is 0.180 e. The Hall–Kier alpha value is -6.47. The number of rotatable bonds is 10. The summed E-state index contributed by atoms with van der Waals surface area (Å²) >= 11 is 0. The zero-order valence-corrected chi connectivity index (χ0v) is 38.8. The van der Waals surface area contributed by atoms with Gasteiger partial charge in [-0.15, -0.1) is 0 Å². The molecule has 2 fully saturated rings. The summed E-state index contributed by atoms with van der Waals surface area (Å²) in [5.74, 6) is 0. The second kappa shape index (κ2) is 17.6. The van der Waals surface area contributed by atoms with Crippen LogP contribution in [0.4, 0.5) is 11.4 Å².